The van der Waals surface area contributed by atoms with Crippen LogP contribution in [0.15, 0.2) is 10.9 Å². The molecule has 2 aliphatic rings. The van der Waals surface area contributed by atoms with E-state index in [4.69, 9.17) is 4.74 Å². The third-order valence-electron chi connectivity index (χ3n) is 5.75. The molecular weight excluding hydrogens is 340 g/mol. The molecule has 0 aromatic carbocycles. The van der Waals surface area contributed by atoms with E-state index in [9.17, 15) is 9.59 Å². The molecule has 5 nitrogen and oxygen atoms in total. The molecule has 0 unspecified atom stereocenters. The van der Waals surface area contributed by atoms with Crippen LogP contribution in [0, 0.1) is 11.8 Å². The van der Waals surface area contributed by atoms with Crippen molar-refractivity contribution in [3.63, 3.8) is 0 Å². The van der Waals surface area contributed by atoms with Gasteiger partial charge in [-0.25, -0.2) is 0 Å². The van der Waals surface area contributed by atoms with Gasteiger partial charge in [0.15, 0.2) is 0 Å². The van der Waals surface area contributed by atoms with Gasteiger partial charge in [-0.2, -0.15) is 0 Å². The number of carbonyl (C=O) groups excluding carboxylic acids is 1. The minimum absolute atomic E-state index is 0.0468. The van der Waals surface area contributed by atoms with Crippen molar-refractivity contribution in [3.05, 3.63) is 27.7 Å². The van der Waals surface area contributed by atoms with Crippen LogP contribution in [-0.4, -0.2) is 23.6 Å². The maximum absolute atomic E-state index is 13.1. The second-order valence-electron chi connectivity index (χ2n) is 8.55. The monoisotopic (exact) mass is 374 g/mol. The maximum atomic E-state index is 13.1. The standard InChI is InChI=1S/C22H34N2O3/c1-16(2)15-27-19-13-20(25)24-12-8-4-7-11-18(24)21(19)22(26)23-14-17-9-5-3-6-10-17/h13,16-17H,3-12,14-15H2,1-2H3,(H,23,26). The Morgan fingerprint density at radius 2 is 1.93 bits per heavy atom. The van der Waals surface area contributed by atoms with Crippen LogP contribution in [0.5, 0.6) is 5.75 Å². The van der Waals surface area contributed by atoms with Crippen LogP contribution in [0.4, 0.5) is 0 Å². The first-order valence-corrected chi connectivity index (χ1v) is 10.7. The Morgan fingerprint density at radius 3 is 2.67 bits per heavy atom. The Hall–Kier alpha value is -1.78. The lowest BCUT2D eigenvalue weighted by Crippen LogP contribution is -2.34. The van der Waals surface area contributed by atoms with E-state index in [-0.39, 0.29) is 11.5 Å². The van der Waals surface area contributed by atoms with E-state index in [0.717, 1.165) is 37.9 Å². The van der Waals surface area contributed by atoms with E-state index in [2.05, 4.69) is 19.2 Å². The number of nitrogens with zero attached hydrogens (tertiary/aromatic N) is 1. The minimum Gasteiger partial charge on any atom is -0.492 e. The van der Waals surface area contributed by atoms with E-state index in [1.165, 1.54) is 38.2 Å². The topological polar surface area (TPSA) is 60.3 Å². The van der Waals surface area contributed by atoms with Crippen LogP contribution < -0.4 is 15.6 Å². The molecule has 1 aliphatic heterocycles. The molecule has 1 saturated carbocycles. The predicted octanol–water partition coefficient (Wildman–Crippen LogP) is 3.92. The Kier molecular flexibility index (Phi) is 6.97. The molecule has 1 aromatic heterocycles. The van der Waals surface area contributed by atoms with Crippen molar-refractivity contribution in [2.75, 3.05) is 13.2 Å². The summed E-state index contributed by atoms with van der Waals surface area (Å²) in [5.74, 6) is 1.30. The summed E-state index contributed by atoms with van der Waals surface area (Å²) in [4.78, 5) is 25.8. The number of hydrogen-bond donors (Lipinski definition) is 1. The SMILES string of the molecule is CC(C)COc1cc(=O)n2c(c1C(=O)NCC1CCCCC1)CCCCC2. The zero-order chi connectivity index (χ0) is 19.2. The first-order chi connectivity index (χ1) is 13.1. The van der Waals surface area contributed by atoms with E-state index < -0.39 is 0 Å². The van der Waals surface area contributed by atoms with Gasteiger partial charge in [-0.05, 0) is 43.9 Å². The van der Waals surface area contributed by atoms with Gasteiger partial charge in [-0.15, -0.1) is 0 Å². The first-order valence-electron chi connectivity index (χ1n) is 10.7. The van der Waals surface area contributed by atoms with E-state index in [0.29, 0.717) is 36.3 Å². The van der Waals surface area contributed by atoms with Crippen molar-refractivity contribution < 1.29 is 9.53 Å². The van der Waals surface area contributed by atoms with Gasteiger partial charge in [0.1, 0.15) is 11.3 Å². The fourth-order valence-corrected chi connectivity index (χ4v) is 4.25. The predicted molar refractivity (Wildman–Crippen MR) is 107 cm³/mol. The second kappa shape index (κ2) is 9.43. The summed E-state index contributed by atoms with van der Waals surface area (Å²) in [6.45, 7) is 6.06. The highest BCUT2D eigenvalue weighted by atomic mass is 16.5. The summed E-state index contributed by atoms with van der Waals surface area (Å²) in [6.07, 6.45) is 10.1. The Bertz CT molecular complexity index is 702. The molecular formula is C22H34N2O3. The highest BCUT2D eigenvalue weighted by Gasteiger charge is 2.25. The van der Waals surface area contributed by atoms with Gasteiger partial charge in [0.05, 0.1) is 6.61 Å². The largest absolute Gasteiger partial charge is 0.492 e. The number of ether oxygens (including phenoxy) is 1. The molecule has 5 heteroatoms. The molecule has 1 aromatic rings. The van der Waals surface area contributed by atoms with Crippen LogP contribution in [0.3, 0.4) is 0 Å². The Morgan fingerprint density at radius 1 is 1.19 bits per heavy atom. The molecule has 0 radical (unpaired) electrons. The molecule has 1 aliphatic carbocycles. The summed E-state index contributed by atoms with van der Waals surface area (Å²) in [5.41, 5.74) is 1.40. The average molecular weight is 375 g/mol. The van der Waals surface area contributed by atoms with Crippen molar-refractivity contribution in [1.29, 1.82) is 0 Å². The summed E-state index contributed by atoms with van der Waals surface area (Å²) < 4.78 is 7.72. The van der Waals surface area contributed by atoms with Crippen molar-refractivity contribution >= 4 is 5.91 Å². The number of carbonyl (C=O) groups is 1. The molecule has 3 rings (SSSR count). The average Bonchev–Trinajstić information content (AvgIpc) is 2.92. The lowest BCUT2D eigenvalue weighted by Gasteiger charge is -2.23. The first kappa shape index (κ1) is 20.0. The van der Waals surface area contributed by atoms with E-state index in [1.54, 1.807) is 4.57 Å². The molecule has 150 valence electrons. The number of aromatic nitrogens is 1. The van der Waals surface area contributed by atoms with Crippen molar-refractivity contribution in [3.8, 4) is 5.75 Å². The summed E-state index contributed by atoms with van der Waals surface area (Å²) >= 11 is 0. The van der Waals surface area contributed by atoms with Crippen LogP contribution in [0.1, 0.15) is 81.3 Å². The molecule has 1 fully saturated rings. The van der Waals surface area contributed by atoms with Crippen LogP contribution in [0.2, 0.25) is 0 Å². The fourth-order valence-electron chi connectivity index (χ4n) is 4.25. The Labute approximate surface area is 162 Å². The number of amides is 1. The van der Waals surface area contributed by atoms with Gasteiger partial charge >= 0.3 is 0 Å². The van der Waals surface area contributed by atoms with Crippen molar-refractivity contribution in [2.45, 2.75) is 78.2 Å². The second-order valence-corrected chi connectivity index (χ2v) is 8.55. The van der Waals surface area contributed by atoms with Gasteiger partial charge < -0.3 is 14.6 Å². The number of fused-ring (bicyclic) bond motifs is 1. The molecule has 2 heterocycles. The van der Waals surface area contributed by atoms with Gasteiger partial charge in [0, 0.05) is 24.8 Å². The summed E-state index contributed by atoms with van der Waals surface area (Å²) in [5, 5.41) is 3.15. The lowest BCUT2D eigenvalue weighted by atomic mass is 9.89. The van der Waals surface area contributed by atoms with E-state index in [1.807, 2.05) is 0 Å². The van der Waals surface area contributed by atoms with Crippen LogP contribution in [-0.2, 0) is 13.0 Å². The van der Waals surface area contributed by atoms with Gasteiger partial charge in [-0.3, -0.25) is 9.59 Å². The van der Waals surface area contributed by atoms with Gasteiger partial charge in [0.25, 0.3) is 11.5 Å². The minimum atomic E-state index is -0.0787. The summed E-state index contributed by atoms with van der Waals surface area (Å²) in [6, 6.07) is 1.52. The van der Waals surface area contributed by atoms with Crippen molar-refractivity contribution in [2.24, 2.45) is 11.8 Å². The quantitative estimate of drug-likeness (QED) is 0.821. The highest BCUT2D eigenvalue weighted by Crippen LogP contribution is 2.26. The van der Waals surface area contributed by atoms with Crippen LogP contribution >= 0.6 is 0 Å². The number of nitrogens with one attached hydrogen (secondary N) is 1. The molecule has 27 heavy (non-hydrogen) atoms. The smallest absolute Gasteiger partial charge is 0.256 e. The number of hydrogen-bond acceptors (Lipinski definition) is 3. The molecule has 0 spiro atoms. The van der Waals surface area contributed by atoms with E-state index >= 15 is 0 Å². The number of rotatable bonds is 6. The molecule has 0 saturated heterocycles. The Balaban J connectivity index is 1.86. The molecule has 1 amide bonds. The zero-order valence-corrected chi connectivity index (χ0v) is 16.9. The van der Waals surface area contributed by atoms with Crippen LogP contribution in [0.25, 0.3) is 0 Å². The maximum Gasteiger partial charge on any atom is 0.256 e. The third-order valence-corrected chi connectivity index (χ3v) is 5.75. The molecule has 1 N–H and O–H groups in total. The van der Waals surface area contributed by atoms with Gasteiger partial charge in [0.2, 0.25) is 0 Å². The third kappa shape index (κ3) is 5.14. The fraction of sp³-hybridized carbons (Fsp3) is 0.727. The highest BCUT2D eigenvalue weighted by molar-refractivity contribution is 5.98. The lowest BCUT2D eigenvalue weighted by molar-refractivity contribution is 0.0936. The zero-order valence-electron chi connectivity index (χ0n) is 16.9. The summed E-state index contributed by atoms with van der Waals surface area (Å²) in [7, 11) is 0. The molecule has 0 bridgehead atoms. The van der Waals surface area contributed by atoms with Gasteiger partial charge in [-0.1, -0.05) is 39.5 Å². The number of pyridine rings is 1. The molecule has 0 atom stereocenters. The normalized spacial score (nSPS) is 18.0. The van der Waals surface area contributed by atoms with Crippen molar-refractivity contribution in [1.82, 2.24) is 9.88 Å².